The Morgan fingerprint density at radius 2 is 1.64 bits per heavy atom. The molecule has 1 amide bonds. The minimum absolute atomic E-state index is 0.242. The molecule has 3 aromatic carbocycles. The number of methoxy groups -OCH3 is 1. The zero-order valence-electron chi connectivity index (χ0n) is 19.8. The van der Waals surface area contributed by atoms with E-state index < -0.39 is 5.97 Å². The lowest BCUT2D eigenvalue weighted by Gasteiger charge is -2.10. The minimum atomic E-state index is -0.481. The summed E-state index contributed by atoms with van der Waals surface area (Å²) in [5.74, 6) is 0.123. The molecule has 0 radical (unpaired) electrons. The molecule has 1 aromatic heterocycles. The van der Waals surface area contributed by atoms with E-state index in [0.717, 1.165) is 24.1 Å². The predicted octanol–water partition coefficient (Wildman–Crippen LogP) is 5.74. The van der Waals surface area contributed by atoms with Crippen molar-refractivity contribution in [3.05, 3.63) is 89.9 Å². The van der Waals surface area contributed by atoms with Gasteiger partial charge in [0.05, 0.1) is 24.1 Å². The van der Waals surface area contributed by atoms with Crippen molar-refractivity contribution in [1.29, 1.82) is 0 Å². The highest BCUT2D eigenvalue weighted by Crippen LogP contribution is 2.48. The second kappa shape index (κ2) is 9.65. The molecule has 36 heavy (non-hydrogen) atoms. The van der Waals surface area contributed by atoms with Crippen molar-refractivity contribution >= 4 is 17.6 Å². The molecule has 5 rings (SSSR count). The molecular formula is C28H24FN3O4. The summed E-state index contributed by atoms with van der Waals surface area (Å²) in [4.78, 5) is 24.6. The fraction of sp³-hybridized carbons (Fsp3) is 0.179. The molecule has 1 saturated carbocycles. The standard InChI is InChI=1S/C28H24FN3O4/c1-17(33)36-28-25(26(19-3-4-19)31-32(28)23-13-9-21(29)10-14-23)18-5-11-22(12-6-18)30-27(34)20-7-15-24(35-2)16-8-20/h5-16,19H,3-4H2,1-2H3,(H,30,34). The van der Waals surface area contributed by atoms with Crippen molar-refractivity contribution in [3.63, 3.8) is 0 Å². The largest absolute Gasteiger partial charge is 0.497 e. The van der Waals surface area contributed by atoms with Crippen LogP contribution in [0, 0.1) is 5.82 Å². The van der Waals surface area contributed by atoms with E-state index in [1.165, 1.54) is 19.1 Å². The molecule has 0 saturated heterocycles. The van der Waals surface area contributed by atoms with Gasteiger partial charge in [0.1, 0.15) is 11.6 Å². The van der Waals surface area contributed by atoms with Gasteiger partial charge in [-0.05, 0) is 79.1 Å². The summed E-state index contributed by atoms with van der Waals surface area (Å²) >= 11 is 0. The summed E-state index contributed by atoms with van der Waals surface area (Å²) in [7, 11) is 1.57. The number of aromatic nitrogens is 2. The number of carbonyl (C=O) groups is 2. The molecule has 0 aliphatic heterocycles. The Kier molecular flexibility index (Phi) is 6.25. The van der Waals surface area contributed by atoms with Crippen LogP contribution in [-0.2, 0) is 4.79 Å². The van der Waals surface area contributed by atoms with E-state index in [-0.39, 0.29) is 23.5 Å². The first-order chi connectivity index (χ1) is 17.4. The van der Waals surface area contributed by atoms with Crippen molar-refractivity contribution in [3.8, 4) is 28.4 Å². The first kappa shape index (κ1) is 23.3. The summed E-state index contributed by atoms with van der Waals surface area (Å²) in [6.45, 7) is 1.33. The van der Waals surface area contributed by atoms with E-state index in [0.29, 0.717) is 28.3 Å². The highest BCUT2D eigenvalue weighted by atomic mass is 19.1. The summed E-state index contributed by atoms with van der Waals surface area (Å²) < 4.78 is 25.8. The lowest BCUT2D eigenvalue weighted by Crippen LogP contribution is -2.11. The van der Waals surface area contributed by atoms with E-state index >= 15 is 0 Å². The van der Waals surface area contributed by atoms with Gasteiger partial charge in [0.25, 0.3) is 5.91 Å². The second-order valence-electron chi connectivity index (χ2n) is 8.58. The number of nitrogens with zero attached hydrogens (tertiary/aromatic N) is 2. The van der Waals surface area contributed by atoms with Crippen molar-refractivity contribution in [1.82, 2.24) is 9.78 Å². The van der Waals surface area contributed by atoms with E-state index in [1.54, 1.807) is 60.3 Å². The van der Waals surface area contributed by atoms with E-state index in [4.69, 9.17) is 14.6 Å². The molecule has 1 heterocycles. The number of esters is 1. The van der Waals surface area contributed by atoms with Gasteiger partial charge in [-0.25, -0.2) is 4.39 Å². The fourth-order valence-corrected chi connectivity index (χ4v) is 3.99. The third kappa shape index (κ3) is 4.84. The van der Waals surface area contributed by atoms with Gasteiger partial charge in [0, 0.05) is 24.1 Å². The number of nitrogens with one attached hydrogen (secondary N) is 1. The quantitative estimate of drug-likeness (QED) is 0.338. The minimum Gasteiger partial charge on any atom is -0.497 e. The molecule has 0 atom stereocenters. The van der Waals surface area contributed by atoms with Gasteiger partial charge in [-0.2, -0.15) is 9.78 Å². The van der Waals surface area contributed by atoms with Crippen LogP contribution < -0.4 is 14.8 Å². The van der Waals surface area contributed by atoms with Crippen LogP contribution in [0.1, 0.15) is 41.7 Å². The van der Waals surface area contributed by atoms with Crippen LogP contribution in [-0.4, -0.2) is 28.8 Å². The number of rotatable bonds is 7. The van der Waals surface area contributed by atoms with E-state index in [9.17, 15) is 14.0 Å². The van der Waals surface area contributed by atoms with E-state index in [2.05, 4.69) is 5.32 Å². The smallest absolute Gasteiger partial charge is 0.309 e. The SMILES string of the molecule is COc1ccc(C(=O)Nc2ccc(-c3c(C4CC4)nn(-c4ccc(F)cc4)c3OC(C)=O)cc2)cc1. The summed E-state index contributed by atoms with van der Waals surface area (Å²) in [6, 6.07) is 20.0. The monoisotopic (exact) mass is 485 g/mol. The summed E-state index contributed by atoms with van der Waals surface area (Å²) in [5.41, 5.74) is 4.05. The van der Waals surface area contributed by atoms with Gasteiger partial charge in [0.15, 0.2) is 0 Å². The molecular weight excluding hydrogens is 461 g/mol. The Morgan fingerprint density at radius 1 is 0.972 bits per heavy atom. The van der Waals surface area contributed by atoms with Gasteiger partial charge in [-0.15, -0.1) is 0 Å². The molecule has 1 aliphatic rings. The normalized spacial score (nSPS) is 12.8. The number of amides is 1. The molecule has 0 unspecified atom stereocenters. The Hall–Kier alpha value is -4.46. The van der Waals surface area contributed by atoms with Crippen LogP contribution in [0.25, 0.3) is 16.8 Å². The van der Waals surface area contributed by atoms with Gasteiger partial charge in [-0.1, -0.05) is 12.1 Å². The number of hydrogen-bond acceptors (Lipinski definition) is 5. The number of hydrogen-bond donors (Lipinski definition) is 1. The van der Waals surface area contributed by atoms with E-state index in [1.807, 2.05) is 12.1 Å². The second-order valence-corrected chi connectivity index (χ2v) is 8.58. The van der Waals surface area contributed by atoms with Crippen LogP contribution in [0.5, 0.6) is 11.6 Å². The fourth-order valence-electron chi connectivity index (χ4n) is 3.99. The lowest BCUT2D eigenvalue weighted by molar-refractivity contribution is -0.132. The maximum Gasteiger partial charge on any atom is 0.309 e. The lowest BCUT2D eigenvalue weighted by atomic mass is 10.0. The highest BCUT2D eigenvalue weighted by Gasteiger charge is 2.34. The van der Waals surface area contributed by atoms with Crippen LogP contribution >= 0.6 is 0 Å². The molecule has 182 valence electrons. The zero-order chi connectivity index (χ0) is 25.2. The molecule has 1 aliphatic carbocycles. The number of halogens is 1. The van der Waals surface area contributed by atoms with Crippen molar-refractivity contribution in [2.45, 2.75) is 25.7 Å². The number of ether oxygens (including phenoxy) is 2. The van der Waals surface area contributed by atoms with Crippen molar-refractivity contribution < 1.29 is 23.5 Å². The summed E-state index contributed by atoms with van der Waals surface area (Å²) in [6.07, 6.45) is 1.98. The molecule has 7 nitrogen and oxygen atoms in total. The zero-order valence-corrected chi connectivity index (χ0v) is 19.8. The van der Waals surface area contributed by atoms with Gasteiger partial charge < -0.3 is 14.8 Å². The Bertz CT molecular complexity index is 1410. The molecule has 1 fully saturated rings. The third-order valence-corrected chi connectivity index (χ3v) is 5.93. The highest BCUT2D eigenvalue weighted by molar-refractivity contribution is 6.04. The molecule has 1 N–H and O–H groups in total. The predicted molar refractivity (Wildman–Crippen MR) is 133 cm³/mol. The molecule has 0 bridgehead atoms. The van der Waals surface area contributed by atoms with Gasteiger partial charge >= 0.3 is 5.97 Å². The average molecular weight is 486 g/mol. The Balaban J connectivity index is 1.48. The number of carbonyl (C=O) groups excluding carboxylic acids is 2. The third-order valence-electron chi connectivity index (χ3n) is 5.93. The molecule has 4 aromatic rings. The van der Waals surface area contributed by atoms with Crippen LogP contribution in [0.15, 0.2) is 72.8 Å². The van der Waals surface area contributed by atoms with Crippen molar-refractivity contribution in [2.24, 2.45) is 0 Å². The van der Waals surface area contributed by atoms with Crippen LogP contribution in [0.4, 0.5) is 10.1 Å². The Morgan fingerprint density at radius 3 is 2.22 bits per heavy atom. The van der Waals surface area contributed by atoms with Crippen molar-refractivity contribution in [2.75, 3.05) is 12.4 Å². The molecule has 0 spiro atoms. The van der Waals surface area contributed by atoms with Gasteiger partial charge in [0.2, 0.25) is 5.88 Å². The van der Waals surface area contributed by atoms with Gasteiger partial charge in [-0.3, -0.25) is 9.59 Å². The first-order valence-corrected chi connectivity index (χ1v) is 11.6. The topological polar surface area (TPSA) is 82.4 Å². The maximum absolute atomic E-state index is 13.5. The molecule has 8 heteroatoms. The Labute approximate surface area is 207 Å². The van der Waals surface area contributed by atoms with Crippen LogP contribution in [0.2, 0.25) is 0 Å². The maximum atomic E-state index is 13.5. The average Bonchev–Trinajstić information content (AvgIpc) is 3.67. The number of anilines is 1. The summed E-state index contributed by atoms with van der Waals surface area (Å²) in [5, 5.41) is 7.65. The van der Waals surface area contributed by atoms with Crippen LogP contribution in [0.3, 0.4) is 0 Å². The first-order valence-electron chi connectivity index (χ1n) is 11.6. The number of benzene rings is 3.